The van der Waals surface area contributed by atoms with Crippen molar-refractivity contribution in [2.75, 3.05) is 13.1 Å². The first-order valence-corrected chi connectivity index (χ1v) is 11.0. The number of piperidine rings is 1. The van der Waals surface area contributed by atoms with Crippen LogP contribution >= 0.6 is 11.8 Å². The van der Waals surface area contributed by atoms with E-state index in [9.17, 15) is 4.79 Å². The van der Waals surface area contributed by atoms with Crippen molar-refractivity contribution in [2.45, 2.75) is 36.6 Å². The van der Waals surface area contributed by atoms with E-state index < -0.39 is 0 Å². The number of carbonyl (C=O) groups excluding carboxylic acids is 1. The van der Waals surface area contributed by atoms with Crippen molar-refractivity contribution >= 4 is 17.7 Å². The third kappa shape index (κ3) is 5.07. The van der Waals surface area contributed by atoms with Gasteiger partial charge < -0.3 is 4.90 Å². The van der Waals surface area contributed by atoms with E-state index in [-0.39, 0.29) is 11.2 Å². The molecule has 0 aliphatic carbocycles. The second kappa shape index (κ2) is 9.27. The molecule has 1 aliphatic heterocycles. The summed E-state index contributed by atoms with van der Waals surface area (Å²) < 4.78 is 1.74. The van der Waals surface area contributed by atoms with Gasteiger partial charge >= 0.3 is 0 Å². The molecule has 5 nitrogen and oxygen atoms in total. The minimum Gasteiger partial charge on any atom is -0.342 e. The van der Waals surface area contributed by atoms with E-state index in [0.717, 1.165) is 38.0 Å². The van der Waals surface area contributed by atoms with Gasteiger partial charge in [0.15, 0.2) is 0 Å². The lowest BCUT2D eigenvalue weighted by Gasteiger charge is -2.33. The van der Waals surface area contributed by atoms with Gasteiger partial charge in [-0.2, -0.15) is 0 Å². The van der Waals surface area contributed by atoms with Crippen LogP contribution in [0.2, 0.25) is 0 Å². The Morgan fingerprint density at radius 3 is 2.41 bits per heavy atom. The van der Waals surface area contributed by atoms with Gasteiger partial charge in [-0.15, -0.1) is 5.10 Å². The quantitative estimate of drug-likeness (QED) is 0.575. The first-order chi connectivity index (χ1) is 14.2. The van der Waals surface area contributed by atoms with E-state index in [4.69, 9.17) is 0 Å². The molecule has 2 aromatic carbocycles. The van der Waals surface area contributed by atoms with E-state index in [1.165, 1.54) is 17.3 Å². The van der Waals surface area contributed by atoms with Crippen LogP contribution in [0.4, 0.5) is 0 Å². The molecule has 0 radical (unpaired) electrons. The molecule has 1 atom stereocenters. The second-order valence-corrected chi connectivity index (χ2v) is 8.83. The molecular formula is C23H26N4OS. The van der Waals surface area contributed by atoms with Gasteiger partial charge in [-0.1, -0.05) is 60.3 Å². The molecule has 1 saturated heterocycles. The van der Waals surface area contributed by atoms with Crippen molar-refractivity contribution in [3.8, 4) is 5.69 Å². The van der Waals surface area contributed by atoms with Crippen LogP contribution in [0, 0.1) is 5.92 Å². The van der Waals surface area contributed by atoms with E-state index in [0.29, 0.717) is 11.1 Å². The maximum atomic E-state index is 12.9. The van der Waals surface area contributed by atoms with Crippen LogP contribution in [0.15, 0.2) is 72.1 Å². The maximum absolute atomic E-state index is 12.9. The minimum atomic E-state index is -0.188. The molecule has 3 aromatic rings. The molecular weight excluding hydrogens is 380 g/mol. The highest BCUT2D eigenvalue weighted by atomic mass is 32.2. The van der Waals surface area contributed by atoms with E-state index >= 15 is 0 Å². The number of hydrogen-bond acceptors (Lipinski definition) is 4. The Kier molecular flexibility index (Phi) is 6.30. The standard InChI is InChI=1S/C23H26N4OS/c1-18(29-23-24-17-27(25-23)21-10-6-3-7-11-21)22(28)26-14-12-20(13-15-26)16-19-8-4-2-5-9-19/h2-11,17-18,20H,12-16H2,1H3/t18-/m1/s1. The maximum Gasteiger partial charge on any atom is 0.235 e. The SMILES string of the molecule is C[C@@H](Sc1ncn(-c2ccccc2)n1)C(=O)N1CCC(Cc2ccccc2)CC1. The molecule has 1 amide bonds. The lowest BCUT2D eigenvalue weighted by atomic mass is 9.90. The third-order valence-corrected chi connectivity index (χ3v) is 6.37. The largest absolute Gasteiger partial charge is 0.342 e. The summed E-state index contributed by atoms with van der Waals surface area (Å²) in [6.07, 6.45) is 4.94. The van der Waals surface area contributed by atoms with Crippen molar-refractivity contribution in [2.24, 2.45) is 5.92 Å². The summed E-state index contributed by atoms with van der Waals surface area (Å²) in [6.45, 7) is 3.63. The van der Waals surface area contributed by atoms with Crippen LogP contribution in [0.3, 0.4) is 0 Å². The van der Waals surface area contributed by atoms with Crippen LogP contribution < -0.4 is 0 Å². The Hall–Kier alpha value is -2.60. The fourth-order valence-electron chi connectivity index (χ4n) is 3.78. The van der Waals surface area contributed by atoms with Gasteiger partial charge in [-0.3, -0.25) is 4.79 Å². The Bertz CT molecular complexity index is 920. The number of benzene rings is 2. The summed E-state index contributed by atoms with van der Waals surface area (Å²) >= 11 is 1.43. The van der Waals surface area contributed by atoms with Crippen molar-refractivity contribution in [3.63, 3.8) is 0 Å². The van der Waals surface area contributed by atoms with E-state index in [1.807, 2.05) is 42.2 Å². The number of likely N-dealkylation sites (tertiary alicyclic amines) is 1. The van der Waals surface area contributed by atoms with Crippen LogP contribution in [-0.4, -0.2) is 43.9 Å². The molecule has 1 aliphatic rings. The predicted molar refractivity (Wildman–Crippen MR) is 116 cm³/mol. The number of rotatable bonds is 6. The lowest BCUT2D eigenvalue weighted by Crippen LogP contribution is -2.42. The Balaban J connectivity index is 1.28. The molecule has 2 heterocycles. The zero-order chi connectivity index (χ0) is 20.1. The van der Waals surface area contributed by atoms with Gasteiger partial charge in [0.25, 0.3) is 0 Å². The topological polar surface area (TPSA) is 51.0 Å². The van der Waals surface area contributed by atoms with Crippen LogP contribution in [0.1, 0.15) is 25.3 Å². The molecule has 0 bridgehead atoms. The average Bonchev–Trinajstić information content (AvgIpc) is 3.23. The molecule has 150 valence electrons. The van der Waals surface area contributed by atoms with Crippen LogP contribution in [0.25, 0.3) is 5.69 Å². The van der Waals surface area contributed by atoms with Gasteiger partial charge in [-0.05, 0) is 49.8 Å². The summed E-state index contributed by atoms with van der Waals surface area (Å²) in [5.41, 5.74) is 2.35. The zero-order valence-corrected chi connectivity index (χ0v) is 17.5. The molecule has 1 aromatic heterocycles. The molecule has 29 heavy (non-hydrogen) atoms. The summed E-state index contributed by atoms with van der Waals surface area (Å²) in [4.78, 5) is 19.3. The van der Waals surface area contributed by atoms with Crippen LogP contribution in [0.5, 0.6) is 0 Å². The lowest BCUT2D eigenvalue weighted by molar-refractivity contribution is -0.131. The highest BCUT2D eigenvalue weighted by Crippen LogP contribution is 2.26. The zero-order valence-electron chi connectivity index (χ0n) is 16.6. The van der Waals surface area contributed by atoms with Gasteiger partial charge in [0, 0.05) is 13.1 Å². The van der Waals surface area contributed by atoms with E-state index in [2.05, 4.69) is 40.4 Å². The Labute approximate surface area is 176 Å². The first kappa shape index (κ1) is 19.7. The Morgan fingerprint density at radius 2 is 1.72 bits per heavy atom. The molecule has 4 rings (SSSR count). The number of amides is 1. The number of hydrogen-bond donors (Lipinski definition) is 0. The van der Waals surface area contributed by atoms with E-state index in [1.54, 1.807) is 11.0 Å². The fourth-order valence-corrected chi connectivity index (χ4v) is 4.59. The molecule has 1 fully saturated rings. The number of nitrogens with zero attached hydrogens (tertiary/aromatic N) is 4. The summed E-state index contributed by atoms with van der Waals surface area (Å²) in [5, 5.41) is 4.95. The average molecular weight is 407 g/mol. The number of aromatic nitrogens is 3. The first-order valence-electron chi connectivity index (χ1n) is 10.2. The van der Waals surface area contributed by atoms with Crippen LogP contribution in [-0.2, 0) is 11.2 Å². The summed E-state index contributed by atoms with van der Waals surface area (Å²) in [6, 6.07) is 20.5. The van der Waals surface area contributed by atoms with Crippen molar-refractivity contribution in [3.05, 3.63) is 72.6 Å². The van der Waals surface area contributed by atoms with Gasteiger partial charge in [0.2, 0.25) is 11.1 Å². The van der Waals surface area contributed by atoms with Gasteiger partial charge in [0.05, 0.1) is 10.9 Å². The molecule has 0 spiro atoms. The highest BCUT2D eigenvalue weighted by Gasteiger charge is 2.27. The Morgan fingerprint density at radius 1 is 1.07 bits per heavy atom. The number of para-hydroxylation sites is 1. The molecule has 0 unspecified atom stereocenters. The minimum absolute atomic E-state index is 0.184. The van der Waals surface area contributed by atoms with Crippen molar-refractivity contribution in [1.29, 1.82) is 0 Å². The summed E-state index contributed by atoms with van der Waals surface area (Å²) in [7, 11) is 0. The molecule has 0 saturated carbocycles. The third-order valence-electron chi connectivity index (χ3n) is 5.41. The van der Waals surface area contributed by atoms with Gasteiger partial charge in [-0.25, -0.2) is 9.67 Å². The second-order valence-electron chi connectivity index (χ2n) is 7.53. The fraction of sp³-hybridized carbons (Fsp3) is 0.348. The number of thioether (sulfide) groups is 1. The summed E-state index contributed by atoms with van der Waals surface area (Å²) in [5.74, 6) is 0.844. The molecule has 0 N–H and O–H groups in total. The molecule has 6 heteroatoms. The number of carbonyl (C=O) groups is 1. The van der Waals surface area contributed by atoms with Crippen molar-refractivity contribution in [1.82, 2.24) is 19.7 Å². The highest BCUT2D eigenvalue weighted by molar-refractivity contribution is 8.00. The smallest absolute Gasteiger partial charge is 0.235 e. The predicted octanol–water partition coefficient (Wildman–Crippen LogP) is 4.23. The normalized spacial score (nSPS) is 16.0. The van der Waals surface area contributed by atoms with Gasteiger partial charge in [0.1, 0.15) is 6.33 Å². The van der Waals surface area contributed by atoms with Crippen molar-refractivity contribution < 1.29 is 4.79 Å². The monoisotopic (exact) mass is 406 g/mol.